The summed E-state index contributed by atoms with van der Waals surface area (Å²) in [6.07, 6.45) is 7.67. The molecule has 0 bridgehead atoms. The predicted octanol–water partition coefficient (Wildman–Crippen LogP) is 2.95. The van der Waals surface area contributed by atoms with Crippen molar-refractivity contribution in [2.75, 3.05) is 20.2 Å². The maximum atomic E-state index is 12.5. The van der Waals surface area contributed by atoms with Crippen LogP contribution in [0.25, 0.3) is 0 Å². The fraction of sp³-hybridized carbons (Fsp3) is 0.450. The predicted molar refractivity (Wildman–Crippen MR) is 95.9 cm³/mol. The van der Waals surface area contributed by atoms with Crippen LogP contribution in [0.1, 0.15) is 42.5 Å². The van der Waals surface area contributed by atoms with Crippen molar-refractivity contribution in [3.63, 3.8) is 0 Å². The zero-order valence-corrected chi connectivity index (χ0v) is 14.9. The number of carbonyl (C=O) groups is 1. The normalized spacial score (nSPS) is 20.0. The number of amides is 1. The zero-order valence-electron chi connectivity index (χ0n) is 14.9. The largest absolute Gasteiger partial charge is 0.496 e. The number of nitrogens with zero attached hydrogens (tertiary/aromatic N) is 3. The van der Waals surface area contributed by atoms with E-state index in [0.717, 1.165) is 30.6 Å². The standard InChI is InChI=1S/C20H23N3O3/c1-25-17-10-6-5-9-15(17)11-18-21-19(26-22-18)16-12-23(13-16)20(24)14-7-3-2-4-8-14/h2-3,5-6,9-10,14,16H,4,7-8,11-13H2,1H3/t14-/m1/s1. The van der Waals surface area contributed by atoms with E-state index in [1.165, 1.54) is 0 Å². The third-order valence-corrected chi connectivity index (χ3v) is 5.19. The minimum Gasteiger partial charge on any atom is -0.496 e. The van der Waals surface area contributed by atoms with Gasteiger partial charge in [0.15, 0.2) is 5.82 Å². The number of allylic oxidation sites excluding steroid dienone is 2. The third kappa shape index (κ3) is 3.36. The summed E-state index contributed by atoms with van der Waals surface area (Å²) < 4.78 is 10.8. The zero-order chi connectivity index (χ0) is 17.9. The molecule has 2 aromatic rings. The van der Waals surface area contributed by atoms with Crippen molar-refractivity contribution >= 4 is 5.91 Å². The molecule has 0 N–H and O–H groups in total. The smallest absolute Gasteiger partial charge is 0.233 e. The Kier molecular flexibility index (Phi) is 4.73. The van der Waals surface area contributed by atoms with E-state index < -0.39 is 0 Å². The van der Waals surface area contributed by atoms with Crippen LogP contribution < -0.4 is 4.74 Å². The summed E-state index contributed by atoms with van der Waals surface area (Å²) in [4.78, 5) is 18.9. The summed E-state index contributed by atoms with van der Waals surface area (Å²) in [5, 5.41) is 4.10. The van der Waals surface area contributed by atoms with E-state index >= 15 is 0 Å². The van der Waals surface area contributed by atoms with Gasteiger partial charge in [-0.15, -0.1) is 0 Å². The highest BCUT2D eigenvalue weighted by Gasteiger charge is 2.38. The van der Waals surface area contributed by atoms with Crippen LogP contribution in [0.3, 0.4) is 0 Å². The molecule has 1 aliphatic heterocycles. The molecule has 1 fully saturated rings. The fourth-order valence-corrected chi connectivity index (χ4v) is 3.62. The minimum atomic E-state index is 0.143. The Balaban J connectivity index is 1.35. The van der Waals surface area contributed by atoms with Crippen molar-refractivity contribution in [2.45, 2.75) is 31.6 Å². The van der Waals surface area contributed by atoms with Gasteiger partial charge >= 0.3 is 0 Å². The van der Waals surface area contributed by atoms with E-state index in [2.05, 4.69) is 22.3 Å². The fourth-order valence-electron chi connectivity index (χ4n) is 3.62. The average Bonchev–Trinajstić information content (AvgIpc) is 3.09. The van der Waals surface area contributed by atoms with Crippen molar-refractivity contribution < 1.29 is 14.1 Å². The van der Waals surface area contributed by atoms with Gasteiger partial charge in [0.05, 0.1) is 13.0 Å². The molecule has 26 heavy (non-hydrogen) atoms. The van der Waals surface area contributed by atoms with Crippen LogP contribution in [0, 0.1) is 5.92 Å². The van der Waals surface area contributed by atoms with E-state index in [-0.39, 0.29) is 17.7 Å². The summed E-state index contributed by atoms with van der Waals surface area (Å²) in [6, 6.07) is 7.82. The summed E-state index contributed by atoms with van der Waals surface area (Å²) in [7, 11) is 1.66. The van der Waals surface area contributed by atoms with Crippen LogP contribution in [0.2, 0.25) is 0 Å². The molecule has 1 saturated heterocycles. The van der Waals surface area contributed by atoms with Gasteiger partial charge in [-0.1, -0.05) is 35.5 Å². The van der Waals surface area contributed by atoms with Gasteiger partial charge in [-0.3, -0.25) is 4.79 Å². The monoisotopic (exact) mass is 353 g/mol. The molecule has 2 aliphatic rings. The van der Waals surface area contributed by atoms with E-state index in [0.29, 0.717) is 31.2 Å². The first-order valence-corrected chi connectivity index (χ1v) is 9.12. The molecular weight excluding hydrogens is 330 g/mol. The van der Waals surface area contributed by atoms with E-state index in [1.807, 2.05) is 29.2 Å². The highest BCUT2D eigenvalue weighted by atomic mass is 16.5. The molecule has 1 atom stereocenters. The lowest BCUT2D eigenvalue weighted by Crippen LogP contribution is -2.50. The first-order chi connectivity index (χ1) is 12.7. The quantitative estimate of drug-likeness (QED) is 0.773. The van der Waals surface area contributed by atoms with Gasteiger partial charge in [0.1, 0.15) is 5.75 Å². The van der Waals surface area contributed by atoms with E-state index in [4.69, 9.17) is 9.26 Å². The lowest BCUT2D eigenvalue weighted by molar-refractivity contribution is -0.140. The van der Waals surface area contributed by atoms with Gasteiger partial charge in [0, 0.05) is 31.0 Å². The van der Waals surface area contributed by atoms with Gasteiger partial charge in [0.2, 0.25) is 11.8 Å². The SMILES string of the molecule is COc1ccccc1Cc1noc(C2CN(C(=O)[C@@H]3CC=CCC3)C2)n1. The maximum Gasteiger partial charge on any atom is 0.233 e. The lowest BCUT2D eigenvalue weighted by atomic mass is 9.90. The summed E-state index contributed by atoms with van der Waals surface area (Å²) in [5.74, 6) is 2.65. The molecule has 1 amide bonds. The average molecular weight is 353 g/mol. The van der Waals surface area contributed by atoms with Gasteiger partial charge in [-0.25, -0.2) is 0 Å². The second-order valence-electron chi connectivity index (χ2n) is 6.96. The summed E-state index contributed by atoms with van der Waals surface area (Å²) in [6.45, 7) is 1.35. The molecule has 6 nitrogen and oxygen atoms in total. The Morgan fingerprint density at radius 3 is 2.92 bits per heavy atom. The minimum absolute atomic E-state index is 0.143. The number of aromatic nitrogens is 2. The van der Waals surface area contributed by atoms with Crippen LogP contribution in [0.15, 0.2) is 40.9 Å². The Hall–Kier alpha value is -2.63. The molecule has 0 unspecified atom stereocenters. The topological polar surface area (TPSA) is 68.5 Å². The van der Waals surface area contributed by atoms with Crippen molar-refractivity contribution in [3.05, 3.63) is 53.7 Å². The van der Waals surface area contributed by atoms with Crippen molar-refractivity contribution in [2.24, 2.45) is 5.92 Å². The molecule has 2 heterocycles. The Labute approximate surface area is 152 Å². The molecule has 0 saturated carbocycles. The number of para-hydroxylation sites is 1. The number of carbonyl (C=O) groups excluding carboxylic acids is 1. The number of methoxy groups -OCH3 is 1. The number of ether oxygens (including phenoxy) is 1. The number of rotatable bonds is 5. The van der Waals surface area contributed by atoms with Crippen molar-refractivity contribution in [1.82, 2.24) is 15.0 Å². The Morgan fingerprint density at radius 1 is 1.31 bits per heavy atom. The lowest BCUT2D eigenvalue weighted by Gasteiger charge is -2.39. The molecule has 0 radical (unpaired) electrons. The maximum absolute atomic E-state index is 12.5. The van der Waals surface area contributed by atoms with Gasteiger partial charge < -0.3 is 14.2 Å². The molecule has 136 valence electrons. The van der Waals surface area contributed by atoms with Gasteiger partial charge in [-0.2, -0.15) is 4.98 Å². The molecule has 1 aromatic heterocycles. The first kappa shape index (κ1) is 16.8. The summed E-state index contributed by atoms with van der Waals surface area (Å²) >= 11 is 0. The highest BCUT2D eigenvalue weighted by molar-refractivity contribution is 5.80. The number of hydrogen-bond donors (Lipinski definition) is 0. The van der Waals surface area contributed by atoms with E-state index in [9.17, 15) is 4.79 Å². The third-order valence-electron chi connectivity index (χ3n) is 5.19. The van der Waals surface area contributed by atoms with Gasteiger partial charge in [-0.05, 0) is 25.3 Å². The van der Waals surface area contributed by atoms with E-state index in [1.54, 1.807) is 7.11 Å². The second kappa shape index (κ2) is 7.32. The molecule has 1 aromatic carbocycles. The Bertz CT molecular complexity index is 808. The molecule has 1 aliphatic carbocycles. The molecular formula is C20H23N3O3. The van der Waals surface area contributed by atoms with Gasteiger partial charge in [0.25, 0.3) is 0 Å². The molecule has 6 heteroatoms. The van der Waals surface area contributed by atoms with Crippen LogP contribution in [-0.2, 0) is 11.2 Å². The highest BCUT2D eigenvalue weighted by Crippen LogP contribution is 2.30. The summed E-state index contributed by atoms with van der Waals surface area (Å²) in [5.41, 5.74) is 1.03. The number of benzene rings is 1. The van der Waals surface area contributed by atoms with Crippen LogP contribution >= 0.6 is 0 Å². The van der Waals surface area contributed by atoms with Crippen molar-refractivity contribution in [1.29, 1.82) is 0 Å². The van der Waals surface area contributed by atoms with Crippen molar-refractivity contribution in [3.8, 4) is 5.75 Å². The molecule has 0 spiro atoms. The van der Waals surface area contributed by atoms with Crippen LogP contribution in [0.4, 0.5) is 0 Å². The first-order valence-electron chi connectivity index (χ1n) is 9.12. The number of hydrogen-bond acceptors (Lipinski definition) is 5. The van der Waals surface area contributed by atoms with Crippen LogP contribution in [-0.4, -0.2) is 41.1 Å². The van der Waals surface area contributed by atoms with Crippen LogP contribution in [0.5, 0.6) is 5.75 Å². The number of likely N-dealkylation sites (tertiary alicyclic amines) is 1. The molecule has 4 rings (SSSR count). The Morgan fingerprint density at radius 2 is 2.15 bits per heavy atom. The second-order valence-corrected chi connectivity index (χ2v) is 6.96.